The lowest BCUT2D eigenvalue weighted by atomic mass is 9.86. The minimum atomic E-state index is -0.461. The van der Waals surface area contributed by atoms with Crippen molar-refractivity contribution >= 4 is 5.82 Å². The molecule has 0 saturated heterocycles. The molecule has 0 aliphatic heterocycles. The van der Waals surface area contributed by atoms with Gasteiger partial charge in [0.25, 0.3) is 0 Å². The lowest BCUT2D eigenvalue weighted by Crippen LogP contribution is -2.36. The molecule has 0 spiro atoms. The van der Waals surface area contributed by atoms with E-state index < -0.39 is 6.10 Å². The van der Waals surface area contributed by atoms with E-state index in [4.69, 9.17) is 0 Å². The third-order valence-corrected chi connectivity index (χ3v) is 4.06. The fourth-order valence-electron chi connectivity index (χ4n) is 2.96. The van der Waals surface area contributed by atoms with Gasteiger partial charge in [-0.25, -0.2) is 4.98 Å². The molecule has 1 aliphatic carbocycles. The molecule has 3 atom stereocenters. The van der Waals surface area contributed by atoms with Crippen LogP contribution in [0, 0.1) is 5.92 Å². The van der Waals surface area contributed by atoms with Crippen LogP contribution in [0.15, 0.2) is 18.3 Å². The van der Waals surface area contributed by atoms with Gasteiger partial charge in [-0.3, -0.25) is 0 Å². The lowest BCUT2D eigenvalue weighted by Gasteiger charge is -2.36. The van der Waals surface area contributed by atoms with Crippen molar-refractivity contribution in [1.82, 2.24) is 4.98 Å². The second-order valence-electron chi connectivity index (χ2n) is 5.63. The van der Waals surface area contributed by atoms with Gasteiger partial charge in [0.1, 0.15) is 5.82 Å². The Bertz CT molecular complexity index is 392. The molecule has 0 amide bonds. The number of aliphatic hydroxyl groups is 1. The minimum Gasteiger partial charge on any atom is -0.389 e. The molecule has 1 aromatic rings. The van der Waals surface area contributed by atoms with E-state index in [-0.39, 0.29) is 0 Å². The Balaban J connectivity index is 2.19. The molecule has 0 bridgehead atoms. The summed E-state index contributed by atoms with van der Waals surface area (Å²) in [5, 5.41) is 9.84. The van der Waals surface area contributed by atoms with E-state index in [9.17, 15) is 5.11 Å². The molecule has 1 fully saturated rings. The monoisotopic (exact) mass is 248 g/mol. The van der Waals surface area contributed by atoms with Crippen molar-refractivity contribution in [1.29, 1.82) is 0 Å². The summed E-state index contributed by atoms with van der Waals surface area (Å²) in [7, 11) is 2.11. The number of hydrogen-bond donors (Lipinski definition) is 1. The SMILES string of the molecule is CC1CCCC(N(C)c2ncccc2C(C)O)C1. The Hall–Kier alpha value is -1.09. The average Bonchev–Trinajstić information content (AvgIpc) is 2.38. The summed E-state index contributed by atoms with van der Waals surface area (Å²) in [6, 6.07) is 4.42. The van der Waals surface area contributed by atoms with E-state index in [1.807, 2.05) is 18.3 Å². The number of aliphatic hydroxyl groups excluding tert-OH is 1. The highest BCUT2D eigenvalue weighted by Gasteiger charge is 2.25. The Kier molecular flexibility index (Phi) is 4.23. The van der Waals surface area contributed by atoms with Crippen LogP contribution in [0.1, 0.15) is 51.2 Å². The Labute approximate surface area is 110 Å². The van der Waals surface area contributed by atoms with Crippen molar-refractivity contribution in [2.45, 2.75) is 51.7 Å². The van der Waals surface area contributed by atoms with E-state index >= 15 is 0 Å². The third kappa shape index (κ3) is 2.83. The molecular formula is C15H24N2O. The predicted octanol–water partition coefficient (Wildman–Crippen LogP) is 3.15. The quantitative estimate of drug-likeness (QED) is 0.892. The zero-order valence-electron chi connectivity index (χ0n) is 11.6. The molecule has 18 heavy (non-hydrogen) atoms. The Morgan fingerprint density at radius 2 is 2.22 bits per heavy atom. The van der Waals surface area contributed by atoms with Gasteiger partial charge in [-0.2, -0.15) is 0 Å². The highest BCUT2D eigenvalue weighted by Crippen LogP contribution is 2.31. The van der Waals surface area contributed by atoms with Crippen LogP contribution in [0.3, 0.4) is 0 Å². The maximum absolute atomic E-state index is 9.84. The van der Waals surface area contributed by atoms with Crippen molar-refractivity contribution in [2.75, 3.05) is 11.9 Å². The number of aromatic nitrogens is 1. The first-order valence-corrected chi connectivity index (χ1v) is 6.95. The Morgan fingerprint density at radius 1 is 1.44 bits per heavy atom. The van der Waals surface area contributed by atoms with Crippen molar-refractivity contribution in [3.8, 4) is 0 Å². The topological polar surface area (TPSA) is 36.4 Å². The van der Waals surface area contributed by atoms with Gasteiger partial charge in [0.15, 0.2) is 0 Å². The van der Waals surface area contributed by atoms with Crippen LogP contribution in [0.5, 0.6) is 0 Å². The molecule has 1 heterocycles. The van der Waals surface area contributed by atoms with Crippen LogP contribution in [-0.2, 0) is 0 Å². The number of hydrogen-bond acceptors (Lipinski definition) is 3. The molecule has 1 saturated carbocycles. The smallest absolute Gasteiger partial charge is 0.134 e. The Morgan fingerprint density at radius 3 is 2.89 bits per heavy atom. The zero-order valence-corrected chi connectivity index (χ0v) is 11.6. The van der Waals surface area contributed by atoms with E-state index in [1.165, 1.54) is 25.7 Å². The molecule has 2 rings (SSSR count). The van der Waals surface area contributed by atoms with Crippen LogP contribution < -0.4 is 4.90 Å². The standard InChI is InChI=1S/C15H24N2O/c1-11-6-4-7-13(10-11)17(3)15-14(12(2)18)8-5-9-16-15/h5,8-9,11-13,18H,4,6-7,10H2,1-3H3. The predicted molar refractivity (Wildman–Crippen MR) is 74.7 cm³/mol. The van der Waals surface area contributed by atoms with E-state index in [0.29, 0.717) is 6.04 Å². The van der Waals surface area contributed by atoms with Crippen LogP contribution in [0.25, 0.3) is 0 Å². The molecule has 1 aromatic heterocycles. The number of anilines is 1. The van der Waals surface area contributed by atoms with E-state index in [2.05, 4.69) is 23.9 Å². The minimum absolute atomic E-state index is 0.461. The van der Waals surface area contributed by atoms with Crippen LogP contribution in [0.4, 0.5) is 5.82 Å². The summed E-state index contributed by atoms with van der Waals surface area (Å²) in [5.74, 6) is 1.73. The second kappa shape index (κ2) is 5.70. The van der Waals surface area contributed by atoms with E-state index in [0.717, 1.165) is 17.3 Å². The summed E-state index contributed by atoms with van der Waals surface area (Å²) in [6.45, 7) is 4.13. The summed E-state index contributed by atoms with van der Waals surface area (Å²) in [4.78, 5) is 6.73. The molecule has 1 N–H and O–H groups in total. The summed E-state index contributed by atoms with van der Waals surface area (Å²) >= 11 is 0. The molecule has 0 aromatic carbocycles. The van der Waals surface area contributed by atoms with Crippen LogP contribution in [-0.4, -0.2) is 23.2 Å². The third-order valence-electron chi connectivity index (χ3n) is 4.06. The van der Waals surface area contributed by atoms with Gasteiger partial charge in [0, 0.05) is 24.8 Å². The van der Waals surface area contributed by atoms with Crippen molar-refractivity contribution in [3.05, 3.63) is 23.9 Å². The summed E-state index contributed by atoms with van der Waals surface area (Å²) in [6.07, 6.45) is 6.45. The van der Waals surface area contributed by atoms with Crippen molar-refractivity contribution in [2.24, 2.45) is 5.92 Å². The normalized spacial score (nSPS) is 25.8. The summed E-state index contributed by atoms with van der Waals surface area (Å²) < 4.78 is 0. The highest BCUT2D eigenvalue weighted by molar-refractivity contribution is 5.48. The maximum atomic E-state index is 9.84. The largest absolute Gasteiger partial charge is 0.389 e. The first-order valence-electron chi connectivity index (χ1n) is 6.95. The van der Waals surface area contributed by atoms with Gasteiger partial charge in [0.2, 0.25) is 0 Å². The zero-order chi connectivity index (χ0) is 13.1. The van der Waals surface area contributed by atoms with Gasteiger partial charge in [0.05, 0.1) is 6.10 Å². The number of nitrogens with zero attached hydrogens (tertiary/aromatic N) is 2. The first kappa shape index (κ1) is 13.3. The molecule has 0 radical (unpaired) electrons. The fourth-order valence-corrected chi connectivity index (χ4v) is 2.96. The van der Waals surface area contributed by atoms with Crippen LogP contribution >= 0.6 is 0 Å². The average molecular weight is 248 g/mol. The van der Waals surface area contributed by atoms with Gasteiger partial charge >= 0.3 is 0 Å². The molecule has 1 aliphatic rings. The number of pyridine rings is 1. The van der Waals surface area contributed by atoms with Gasteiger partial charge in [-0.05, 0) is 31.7 Å². The van der Waals surface area contributed by atoms with Gasteiger partial charge in [-0.1, -0.05) is 25.8 Å². The van der Waals surface area contributed by atoms with Crippen molar-refractivity contribution < 1.29 is 5.11 Å². The van der Waals surface area contributed by atoms with Gasteiger partial charge in [-0.15, -0.1) is 0 Å². The molecule has 3 unspecified atom stereocenters. The van der Waals surface area contributed by atoms with Gasteiger partial charge < -0.3 is 10.0 Å². The van der Waals surface area contributed by atoms with Crippen LogP contribution in [0.2, 0.25) is 0 Å². The summed E-state index contributed by atoms with van der Waals surface area (Å²) in [5.41, 5.74) is 0.929. The second-order valence-corrected chi connectivity index (χ2v) is 5.63. The number of rotatable bonds is 3. The lowest BCUT2D eigenvalue weighted by molar-refractivity contribution is 0.199. The molecule has 100 valence electrons. The molecule has 3 nitrogen and oxygen atoms in total. The fraction of sp³-hybridized carbons (Fsp3) is 0.667. The molecule has 3 heteroatoms. The maximum Gasteiger partial charge on any atom is 0.134 e. The highest BCUT2D eigenvalue weighted by atomic mass is 16.3. The van der Waals surface area contributed by atoms with E-state index in [1.54, 1.807) is 6.92 Å². The van der Waals surface area contributed by atoms with Crippen molar-refractivity contribution in [3.63, 3.8) is 0 Å². The first-order chi connectivity index (χ1) is 8.59. The molecular weight excluding hydrogens is 224 g/mol.